The van der Waals surface area contributed by atoms with Gasteiger partial charge >= 0.3 is 0 Å². The first kappa shape index (κ1) is 19.3. The van der Waals surface area contributed by atoms with Gasteiger partial charge in [-0.1, -0.05) is 45.9 Å². The summed E-state index contributed by atoms with van der Waals surface area (Å²) in [4.78, 5) is 2.50. The highest BCUT2D eigenvalue weighted by molar-refractivity contribution is 5.44. The van der Waals surface area contributed by atoms with Crippen molar-refractivity contribution in [2.75, 3.05) is 26.2 Å². The van der Waals surface area contributed by atoms with E-state index in [1.807, 2.05) is 0 Å². The van der Waals surface area contributed by atoms with Crippen molar-refractivity contribution < 1.29 is 9.47 Å². The summed E-state index contributed by atoms with van der Waals surface area (Å²) < 4.78 is 12.1. The summed E-state index contributed by atoms with van der Waals surface area (Å²) in [5.74, 6) is 2.09. The lowest BCUT2D eigenvalue weighted by molar-refractivity contribution is -0.0686. The summed E-state index contributed by atoms with van der Waals surface area (Å²) in [5.41, 5.74) is 2.66. The molecule has 0 spiro atoms. The molecule has 136 valence electrons. The first-order chi connectivity index (χ1) is 11.4. The van der Waals surface area contributed by atoms with Gasteiger partial charge in [0.05, 0.1) is 18.8 Å². The molecule has 1 aliphatic heterocycles. The zero-order chi connectivity index (χ0) is 17.7. The van der Waals surface area contributed by atoms with Crippen molar-refractivity contribution in [1.82, 2.24) is 4.90 Å². The van der Waals surface area contributed by atoms with Gasteiger partial charge in [0.25, 0.3) is 0 Å². The largest absolute Gasteiger partial charge is 0.493 e. The summed E-state index contributed by atoms with van der Waals surface area (Å²) in [6.45, 7) is 17.2. The highest BCUT2D eigenvalue weighted by atomic mass is 16.5. The van der Waals surface area contributed by atoms with E-state index in [0.29, 0.717) is 24.0 Å². The van der Waals surface area contributed by atoms with Crippen LogP contribution in [0.25, 0.3) is 0 Å². The number of morpholine rings is 1. The minimum absolute atomic E-state index is 0.337. The molecule has 0 radical (unpaired) electrons. The fourth-order valence-corrected chi connectivity index (χ4v) is 3.58. The summed E-state index contributed by atoms with van der Waals surface area (Å²) in [6, 6.07) is 6.57. The molecule has 0 aromatic heterocycles. The lowest BCUT2D eigenvalue weighted by Crippen LogP contribution is -2.45. The van der Waals surface area contributed by atoms with Crippen LogP contribution in [0.5, 0.6) is 5.75 Å². The third-order valence-electron chi connectivity index (χ3n) is 4.68. The van der Waals surface area contributed by atoms with Crippen LogP contribution >= 0.6 is 0 Å². The van der Waals surface area contributed by atoms with Crippen LogP contribution in [0.15, 0.2) is 18.2 Å². The van der Waals surface area contributed by atoms with Gasteiger partial charge in [0.2, 0.25) is 0 Å². The van der Waals surface area contributed by atoms with Crippen LogP contribution in [0.1, 0.15) is 70.9 Å². The average molecular weight is 334 g/mol. The van der Waals surface area contributed by atoms with Crippen molar-refractivity contribution in [3.05, 3.63) is 29.3 Å². The molecule has 2 atom stereocenters. The van der Waals surface area contributed by atoms with Crippen molar-refractivity contribution in [2.45, 2.75) is 72.0 Å². The molecule has 0 bridgehead atoms. The Morgan fingerprint density at radius 3 is 2.08 bits per heavy atom. The molecule has 3 nitrogen and oxygen atoms in total. The van der Waals surface area contributed by atoms with Gasteiger partial charge in [0, 0.05) is 19.6 Å². The van der Waals surface area contributed by atoms with Gasteiger partial charge < -0.3 is 9.47 Å². The van der Waals surface area contributed by atoms with Crippen molar-refractivity contribution >= 4 is 0 Å². The molecule has 0 saturated carbocycles. The third-order valence-corrected chi connectivity index (χ3v) is 4.68. The van der Waals surface area contributed by atoms with Crippen LogP contribution < -0.4 is 4.74 Å². The lowest BCUT2D eigenvalue weighted by Gasteiger charge is -2.35. The molecule has 0 amide bonds. The summed E-state index contributed by atoms with van der Waals surface area (Å²) in [5, 5.41) is 0. The zero-order valence-electron chi connectivity index (χ0n) is 16.3. The van der Waals surface area contributed by atoms with Crippen LogP contribution in [0.4, 0.5) is 0 Å². The smallest absolute Gasteiger partial charge is 0.126 e. The van der Waals surface area contributed by atoms with E-state index in [0.717, 1.165) is 38.4 Å². The number of hydrogen-bond donors (Lipinski definition) is 0. The molecular formula is C21H35NO2. The first-order valence-corrected chi connectivity index (χ1v) is 9.51. The Balaban J connectivity index is 1.92. The second kappa shape index (κ2) is 8.87. The maximum atomic E-state index is 6.28. The van der Waals surface area contributed by atoms with Crippen molar-refractivity contribution in [3.8, 4) is 5.75 Å². The van der Waals surface area contributed by atoms with Crippen LogP contribution in [0.2, 0.25) is 0 Å². The standard InChI is InChI=1S/C21H35NO2/c1-15(2)19-9-7-10-20(16(3)4)21(19)23-12-8-11-22-13-17(5)24-18(6)14-22/h7,9-10,15-18H,8,11-14H2,1-6H3/t17-,18+. The molecule has 3 heteroatoms. The highest BCUT2D eigenvalue weighted by Gasteiger charge is 2.21. The quantitative estimate of drug-likeness (QED) is 0.668. The summed E-state index contributed by atoms with van der Waals surface area (Å²) in [7, 11) is 0. The van der Waals surface area contributed by atoms with Crippen molar-refractivity contribution in [2.24, 2.45) is 0 Å². The van der Waals surface area contributed by atoms with E-state index in [4.69, 9.17) is 9.47 Å². The minimum atomic E-state index is 0.337. The van der Waals surface area contributed by atoms with E-state index in [9.17, 15) is 0 Å². The normalized spacial score (nSPS) is 22.3. The number of nitrogens with zero attached hydrogens (tertiary/aromatic N) is 1. The maximum absolute atomic E-state index is 6.28. The van der Waals surface area contributed by atoms with Gasteiger partial charge in [-0.25, -0.2) is 0 Å². The van der Waals surface area contributed by atoms with E-state index in [-0.39, 0.29) is 0 Å². The predicted octanol–water partition coefficient (Wildman–Crippen LogP) is 4.81. The molecule has 0 unspecified atom stereocenters. The number of para-hydroxylation sites is 1. The Morgan fingerprint density at radius 2 is 1.58 bits per heavy atom. The third kappa shape index (κ3) is 5.22. The molecule has 1 aliphatic rings. The topological polar surface area (TPSA) is 21.7 Å². The Labute approximate surface area is 148 Å². The SMILES string of the molecule is CC(C)c1cccc(C(C)C)c1OCCCN1C[C@@H](C)O[C@@H](C)C1. The van der Waals surface area contributed by atoms with Crippen LogP contribution in [-0.4, -0.2) is 43.3 Å². The average Bonchev–Trinajstić information content (AvgIpc) is 2.50. The second-order valence-electron chi connectivity index (χ2n) is 7.79. The number of rotatable bonds is 7. The van der Waals surface area contributed by atoms with Crippen LogP contribution in [-0.2, 0) is 4.74 Å². The molecule has 2 rings (SSSR count). The van der Waals surface area contributed by atoms with Gasteiger partial charge in [0.15, 0.2) is 0 Å². The van der Waals surface area contributed by atoms with E-state index in [2.05, 4.69) is 64.6 Å². The molecule has 0 N–H and O–H groups in total. The van der Waals surface area contributed by atoms with E-state index in [1.54, 1.807) is 0 Å². The fourth-order valence-electron chi connectivity index (χ4n) is 3.58. The van der Waals surface area contributed by atoms with E-state index in [1.165, 1.54) is 11.1 Å². The molecule has 1 saturated heterocycles. The monoisotopic (exact) mass is 333 g/mol. The molecular weight excluding hydrogens is 298 g/mol. The van der Waals surface area contributed by atoms with Gasteiger partial charge in [-0.3, -0.25) is 4.90 Å². The maximum Gasteiger partial charge on any atom is 0.126 e. The van der Waals surface area contributed by atoms with Crippen molar-refractivity contribution in [3.63, 3.8) is 0 Å². The fraction of sp³-hybridized carbons (Fsp3) is 0.714. The Morgan fingerprint density at radius 1 is 1.04 bits per heavy atom. The summed E-state index contributed by atoms with van der Waals surface area (Å²) in [6.07, 6.45) is 1.73. The van der Waals surface area contributed by atoms with Gasteiger partial charge in [-0.05, 0) is 43.2 Å². The number of hydrogen-bond acceptors (Lipinski definition) is 3. The minimum Gasteiger partial charge on any atom is -0.493 e. The Bertz CT molecular complexity index is 476. The van der Waals surface area contributed by atoms with E-state index < -0.39 is 0 Å². The van der Waals surface area contributed by atoms with Crippen LogP contribution in [0.3, 0.4) is 0 Å². The van der Waals surface area contributed by atoms with Gasteiger partial charge in [0.1, 0.15) is 5.75 Å². The number of ether oxygens (including phenoxy) is 2. The van der Waals surface area contributed by atoms with Gasteiger partial charge in [-0.15, -0.1) is 0 Å². The molecule has 1 fully saturated rings. The van der Waals surface area contributed by atoms with Crippen molar-refractivity contribution in [1.29, 1.82) is 0 Å². The Kier molecular flexibility index (Phi) is 7.12. The Hall–Kier alpha value is -1.06. The van der Waals surface area contributed by atoms with Crippen LogP contribution in [0, 0.1) is 0 Å². The van der Waals surface area contributed by atoms with E-state index >= 15 is 0 Å². The molecule has 1 heterocycles. The van der Waals surface area contributed by atoms with Gasteiger partial charge in [-0.2, -0.15) is 0 Å². The first-order valence-electron chi connectivity index (χ1n) is 9.51. The molecule has 0 aliphatic carbocycles. The lowest BCUT2D eigenvalue weighted by atomic mass is 9.94. The molecule has 24 heavy (non-hydrogen) atoms. The molecule has 1 aromatic carbocycles. The second-order valence-corrected chi connectivity index (χ2v) is 7.79. The predicted molar refractivity (Wildman–Crippen MR) is 101 cm³/mol. The molecule has 1 aromatic rings. The summed E-state index contributed by atoms with van der Waals surface area (Å²) >= 11 is 0. The number of benzene rings is 1. The highest BCUT2D eigenvalue weighted by Crippen LogP contribution is 2.34. The zero-order valence-corrected chi connectivity index (χ0v) is 16.3.